The Balaban J connectivity index is 3.13. The number of rotatable bonds is 7. The van der Waals surface area contributed by atoms with Gasteiger partial charge in [0.2, 0.25) is 0 Å². The summed E-state index contributed by atoms with van der Waals surface area (Å²) in [6.45, 7) is 6.35. The largest absolute Gasteiger partial charge is 0.297 e. The molecular weight excluding hydrogens is 234 g/mol. The van der Waals surface area contributed by atoms with Crippen molar-refractivity contribution in [3.63, 3.8) is 0 Å². The third-order valence-electron chi connectivity index (χ3n) is 4.18. The molecule has 1 rings (SSSR count). The van der Waals surface area contributed by atoms with Crippen LogP contribution in [0.3, 0.4) is 0 Å². The zero-order valence-electron chi connectivity index (χ0n) is 13.0. The maximum atomic E-state index is 12.9. The average Bonchev–Trinajstić information content (AvgIpc) is 2.41. The maximum absolute atomic E-state index is 12.9. The first-order chi connectivity index (χ1) is 9.01. The zero-order chi connectivity index (χ0) is 14.5. The second-order valence-electron chi connectivity index (χ2n) is 5.41. The van der Waals surface area contributed by atoms with Crippen LogP contribution in [0.25, 0.3) is 0 Å². The van der Waals surface area contributed by atoms with Crippen LogP contribution in [0, 0.1) is 0 Å². The van der Waals surface area contributed by atoms with Crippen molar-refractivity contribution in [1.29, 1.82) is 0 Å². The van der Waals surface area contributed by atoms with Gasteiger partial charge in [-0.05, 0) is 45.0 Å². The van der Waals surface area contributed by atoms with Gasteiger partial charge in [-0.25, -0.2) is 0 Å². The Bertz CT molecular complexity index is 419. The molecule has 0 radical (unpaired) electrons. The molecule has 1 aromatic carbocycles. The number of Topliss-reactive ketones (excluding diaryl/α,β-unsaturated/α-hetero) is 1. The maximum Gasteiger partial charge on any atom is 0.183 e. The molecule has 0 aliphatic rings. The Kier molecular flexibility index (Phi) is 5.74. The Morgan fingerprint density at radius 2 is 1.79 bits per heavy atom. The van der Waals surface area contributed by atoms with Crippen LogP contribution in [0.1, 0.15) is 56.0 Å². The van der Waals surface area contributed by atoms with Gasteiger partial charge in [0.15, 0.2) is 5.78 Å². The quantitative estimate of drug-likeness (QED) is 0.693. The van der Waals surface area contributed by atoms with Gasteiger partial charge >= 0.3 is 0 Å². The average molecular weight is 261 g/mol. The van der Waals surface area contributed by atoms with E-state index >= 15 is 0 Å². The molecular formula is C17H27NO. The van der Waals surface area contributed by atoms with Crippen molar-refractivity contribution in [2.75, 3.05) is 14.1 Å². The van der Waals surface area contributed by atoms with Crippen LogP contribution in [0.4, 0.5) is 0 Å². The number of hydrogen-bond acceptors (Lipinski definition) is 2. The molecule has 1 aromatic rings. The summed E-state index contributed by atoms with van der Waals surface area (Å²) in [7, 11) is 4.00. The van der Waals surface area contributed by atoms with E-state index in [1.54, 1.807) is 0 Å². The number of carbonyl (C=O) groups excluding carboxylic acids is 1. The lowest BCUT2D eigenvalue weighted by Crippen LogP contribution is -2.50. The summed E-state index contributed by atoms with van der Waals surface area (Å²) in [5.74, 6) is 0.250. The Morgan fingerprint density at radius 1 is 1.16 bits per heavy atom. The van der Waals surface area contributed by atoms with Gasteiger partial charge in [-0.3, -0.25) is 9.69 Å². The van der Waals surface area contributed by atoms with Crippen molar-refractivity contribution in [2.45, 2.75) is 52.0 Å². The minimum absolute atomic E-state index is 0.250. The minimum atomic E-state index is -0.370. The second kappa shape index (κ2) is 6.85. The molecule has 0 heterocycles. The van der Waals surface area contributed by atoms with Crippen molar-refractivity contribution in [2.24, 2.45) is 0 Å². The van der Waals surface area contributed by atoms with Crippen molar-refractivity contribution in [3.05, 3.63) is 35.4 Å². The van der Waals surface area contributed by atoms with Gasteiger partial charge in [-0.2, -0.15) is 0 Å². The first kappa shape index (κ1) is 15.9. The van der Waals surface area contributed by atoms with Crippen LogP contribution in [0.5, 0.6) is 0 Å². The molecule has 0 bridgehead atoms. The van der Waals surface area contributed by atoms with E-state index in [1.165, 1.54) is 5.56 Å². The summed E-state index contributed by atoms with van der Waals surface area (Å²) in [6.07, 6.45) is 3.83. The van der Waals surface area contributed by atoms with E-state index < -0.39 is 0 Å². The monoisotopic (exact) mass is 261 g/mol. The van der Waals surface area contributed by atoms with Crippen LogP contribution < -0.4 is 0 Å². The second-order valence-corrected chi connectivity index (χ2v) is 5.41. The molecule has 0 amide bonds. The Hall–Kier alpha value is -1.15. The van der Waals surface area contributed by atoms with Gasteiger partial charge in [-0.15, -0.1) is 0 Å². The lowest BCUT2D eigenvalue weighted by molar-refractivity contribution is 0.0656. The van der Waals surface area contributed by atoms with E-state index in [-0.39, 0.29) is 11.3 Å². The Morgan fingerprint density at radius 3 is 2.26 bits per heavy atom. The summed E-state index contributed by atoms with van der Waals surface area (Å²) >= 11 is 0. The number of carbonyl (C=O) groups is 1. The highest BCUT2D eigenvalue weighted by Crippen LogP contribution is 2.27. The van der Waals surface area contributed by atoms with E-state index in [0.29, 0.717) is 0 Å². The molecule has 0 aliphatic heterocycles. The normalized spacial score (nSPS) is 11.9. The highest BCUT2D eigenvalue weighted by Gasteiger charge is 2.37. The SMILES string of the molecule is CCCc1cccc(C(=O)C(CC)(CC)N(C)C)c1. The standard InChI is InChI=1S/C17H27NO/c1-6-10-14-11-9-12-15(13-14)16(19)17(7-2,8-3)18(4)5/h9,11-13H,6-8,10H2,1-5H3. The molecule has 0 aromatic heterocycles. The lowest BCUT2D eigenvalue weighted by atomic mass is 9.82. The highest BCUT2D eigenvalue weighted by atomic mass is 16.1. The first-order valence-corrected chi connectivity index (χ1v) is 7.33. The summed E-state index contributed by atoms with van der Waals surface area (Å²) < 4.78 is 0. The van der Waals surface area contributed by atoms with Gasteiger partial charge in [0, 0.05) is 5.56 Å². The fourth-order valence-electron chi connectivity index (χ4n) is 2.83. The molecule has 106 valence electrons. The Labute approximate surface area is 117 Å². The van der Waals surface area contributed by atoms with E-state index in [0.717, 1.165) is 31.2 Å². The predicted octanol–water partition coefficient (Wildman–Crippen LogP) is 3.94. The van der Waals surface area contributed by atoms with Crippen molar-refractivity contribution < 1.29 is 4.79 Å². The molecule has 0 unspecified atom stereocenters. The van der Waals surface area contributed by atoms with Crippen molar-refractivity contribution in [1.82, 2.24) is 4.90 Å². The topological polar surface area (TPSA) is 20.3 Å². The van der Waals surface area contributed by atoms with E-state index in [2.05, 4.69) is 37.8 Å². The molecule has 0 spiro atoms. The fraction of sp³-hybridized carbons (Fsp3) is 0.588. The molecule has 0 saturated carbocycles. The van der Waals surface area contributed by atoms with Gasteiger partial charge in [0.25, 0.3) is 0 Å². The third kappa shape index (κ3) is 3.24. The molecule has 0 aliphatic carbocycles. The minimum Gasteiger partial charge on any atom is -0.297 e. The number of benzene rings is 1. The van der Waals surface area contributed by atoms with Gasteiger partial charge < -0.3 is 0 Å². The van der Waals surface area contributed by atoms with Crippen LogP contribution in [0.15, 0.2) is 24.3 Å². The zero-order valence-corrected chi connectivity index (χ0v) is 13.0. The molecule has 0 saturated heterocycles. The predicted molar refractivity (Wildman–Crippen MR) is 81.8 cm³/mol. The fourth-order valence-corrected chi connectivity index (χ4v) is 2.83. The summed E-state index contributed by atoms with van der Waals surface area (Å²) in [6, 6.07) is 8.12. The van der Waals surface area contributed by atoms with Crippen LogP contribution in [-0.4, -0.2) is 30.3 Å². The lowest BCUT2D eigenvalue weighted by Gasteiger charge is -2.37. The van der Waals surface area contributed by atoms with Crippen LogP contribution >= 0.6 is 0 Å². The third-order valence-corrected chi connectivity index (χ3v) is 4.18. The summed E-state index contributed by atoms with van der Waals surface area (Å²) in [4.78, 5) is 15.0. The van der Waals surface area contributed by atoms with E-state index in [9.17, 15) is 4.79 Å². The summed E-state index contributed by atoms with van der Waals surface area (Å²) in [5, 5.41) is 0. The van der Waals surface area contributed by atoms with Crippen molar-refractivity contribution >= 4 is 5.78 Å². The molecule has 0 fully saturated rings. The molecule has 0 N–H and O–H groups in total. The van der Waals surface area contributed by atoms with Crippen LogP contribution in [0.2, 0.25) is 0 Å². The smallest absolute Gasteiger partial charge is 0.183 e. The van der Waals surface area contributed by atoms with Crippen LogP contribution in [-0.2, 0) is 6.42 Å². The van der Waals surface area contributed by atoms with Crippen molar-refractivity contribution in [3.8, 4) is 0 Å². The van der Waals surface area contributed by atoms with E-state index in [4.69, 9.17) is 0 Å². The van der Waals surface area contributed by atoms with Gasteiger partial charge in [-0.1, -0.05) is 45.4 Å². The molecule has 2 nitrogen and oxygen atoms in total. The van der Waals surface area contributed by atoms with E-state index in [1.807, 2.05) is 26.2 Å². The number of aryl methyl sites for hydroxylation is 1. The molecule has 0 atom stereocenters. The van der Waals surface area contributed by atoms with Gasteiger partial charge in [0.1, 0.15) is 0 Å². The number of hydrogen-bond donors (Lipinski definition) is 0. The molecule has 2 heteroatoms. The highest BCUT2D eigenvalue weighted by molar-refractivity contribution is 6.03. The van der Waals surface area contributed by atoms with Gasteiger partial charge in [0.05, 0.1) is 5.54 Å². The molecule has 19 heavy (non-hydrogen) atoms. The number of likely N-dealkylation sites (N-methyl/N-ethyl adjacent to an activating group) is 1. The number of nitrogens with zero attached hydrogens (tertiary/aromatic N) is 1. The first-order valence-electron chi connectivity index (χ1n) is 7.33. The summed E-state index contributed by atoms with van der Waals surface area (Å²) in [5.41, 5.74) is 1.74. The number of ketones is 1.